The highest BCUT2D eigenvalue weighted by Crippen LogP contribution is 2.35. The molecule has 2 aromatic rings. The molecule has 2 fully saturated rings. The van der Waals surface area contributed by atoms with Crippen LogP contribution in [0.2, 0.25) is 0 Å². The van der Waals surface area contributed by atoms with Gasteiger partial charge in [0.25, 0.3) is 0 Å². The van der Waals surface area contributed by atoms with Crippen LogP contribution in [0.1, 0.15) is 17.4 Å². The Bertz CT molecular complexity index is 766. The predicted octanol–water partition coefficient (Wildman–Crippen LogP) is 2.43. The van der Waals surface area contributed by atoms with Gasteiger partial charge in [-0.1, -0.05) is 42.5 Å². The van der Waals surface area contributed by atoms with Crippen molar-refractivity contribution in [3.8, 4) is 5.75 Å². The molecule has 7 heteroatoms. The average Bonchev–Trinajstić information content (AvgIpc) is 2.79. The SMILES string of the molecule is COc1ccc(COC2[C@@H](OC)OC3COC(c4ccccc4)O[C@H]3[C@@H]2O)cc1. The molecule has 0 aromatic heterocycles. The van der Waals surface area contributed by atoms with Crippen LogP contribution in [0.3, 0.4) is 0 Å². The van der Waals surface area contributed by atoms with Crippen LogP contribution in [0.15, 0.2) is 54.6 Å². The van der Waals surface area contributed by atoms with Crippen molar-refractivity contribution in [2.45, 2.75) is 43.6 Å². The molecule has 0 radical (unpaired) electrons. The lowest BCUT2D eigenvalue weighted by molar-refractivity contribution is -0.363. The van der Waals surface area contributed by atoms with Crippen molar-refractivity contribution in [3.05, 3.63) is 65.7 Å². The molecule has 156 valence electrons. The summed E-state index contributed by atoms with van der Waals surface area (Å²) in [5, 5.41) is 11.0. The maximum atomic E-state index is 11.0. The van der Waals surface area contributed by atoms with Gasteiger partial charge in [-0.15, -0.1) is 0 Å². The number of methoxy groups -OCH3 is 2. The van der Waals surface area contributed by atoms with Crippen molar-refractivity contribution >= 4 is 0 Å². The van der Waals surface area contributed by atoms with Crippen molar-refractivity contribution in [1.82, 2.24) is 0 Å². The van der Waals surface area contributed by atoms with E-state index in [0.29, 0.717) is 13.2 Å². The van der Waals surface area contributed by atoms with Gasteiger partial charge in [-0.05, 0) is 17.7 Å². The van der Waals surface area contributed by atoms with E-state index in [1.54, 1.807) is 7.11 Å². The van der Waals surface area contributed by atoms with E-state index in [1.807, 2.05) is 54.6 Å². The number of benzene rings is 2. The summed E-state index contributed by atoms with van der Waals surface area (Å²) in [6.45, 7) is 0.595. The van der Waals surface area contributed by atoms with Gasteiger partial charge < -0.3 is 33.5 Å². The predicted molar refractivity (Wildman–Crippen MR) is 103 cm³/mol. The lowest BCUT2D eigenvalue weighted by Crippen LogP contribution is -2.62. The summed E-state index contributed by atoms with van der Waals surface area (Å²) in [5.74, 6) is 0.773. The third-order valence-electron chi connectivity index (χ3n) is 5.21. The van der Waals surface area contributed by atoms with Gasteiger partial charge in [0.2, 0.25) is 0 Å². The first-order chi connectivity index (χ1) is 14.2. The zero-order valence-corrected chi connectivity index (χ0v) is 16.5. The van der Waals surface area contributed by atoms with Gasteiger partial charge in [0.15, 0.2) is 12.6 Å². The summed E-state index contributed by atoms with van der Waals surface area (Å²) in [6, 6.07) is 17.2. The minimum absolute atomic E-state index is 0.297. The van der Waals surface area contributed by atoms with E-state index >= 15 is 0 Å². The number of ether oxygens (including phenoxy) is 6. The maximum Gasteiger partial charge on any atom is 0.186 e. The van der Waals surface area contributed by atoms with Crippen LogP contribution in [0.25, 0.3) is 0 Å². The van der Waals surface area contributed by atoms with Crippen LogP contribution in [0.4, 0.5) is 0 Å². The molecule has 0 bridgehead atoms. The smallest absolute Gasteiger partial charge is 0.186 e. The molecule has 3 unspecified atom stereocenters. The summed E-state index contributed by atoms with van der Waals surface area (Å²) in [6.07, 6.45) is -3.91. The monoisotopic (exact) mass is 402 g/mol. The Morgan fingerprint density at radius 3 is 2.45 bits per heavy atom. The van der Waals surface area contributed by atoms with Crippen LogP contribution in [0.5, 0.6) is 5.75 Å². The molecular weight excluding hydrogens is 376 g/mol. The molecule has 4 rings (SSSR count). The van der Waals surface area contributed by atoms with E-state index in [1.165, 1.54) is 7.11 Å². The Morgan fingerprint density at radius 1 is 1.00 bits per heavy atom. The van der Waals surface area contributed by atoms with Gasteiger partial charge >= 0.3 is 0 Å². The Labute approximate surface area is 170 Å². The van der Waals surface area contributed by atoms with Crippen molar-refractivity contribution in [1.29, 1.82) is 0 Å². The molecule has 2 aliphatic heterocycles. The first-order valence-corrected chi connectivity index (χ1v) is 9.62. The summed E-state index contributed by atoms with van der Waals surface area (Å²) in [5.41, 5.74) is 1.84. The number of rotatable bonds is 6. The highest BCUT2D eigenvalue weighted by atomic mass is 16.8. The minimum Gasteiger partial charge on any atom is -0.497 e. The van der Waals surface area contributed by atoms with E-state index in [9.17, 15) is 5.11 Å². The second-order valence-corrected chi connectivity index (χ2v) is 7.07. The largest absolute Gasteiger partial charge is 0.497 e. The quantitative estimate of drug-likeness (QED) is 0.795. The molecule has 0 aliphatic carbocycles. The fourth-order valence-electron chi connectivity index (χ4n) is 3.63. The van der Waals surface area contributed by atoms with Crippen molar-refractivity contribution < 1.29 is 33.5 Å². The van der Waals surface area contributed by atoms with Crippen molar-refractivity contribution in [2.75, 3.05) is 20.8 Å². The summed E-state index contributed by atoms with van der Waals surface area (Å²) in [4.78, 5) is 0. The Morgan fingerprint density at radius 2 is 1.76 bits per heavy atom. The molecule has 2 heterocycles. The zero-order valence-electron chi connectivity index (χ0n) is 16.5. The van der Waals surface area contributed by atoms with Crippen molar-refractivity contribution in [2.24, 2.45) is 0 Å². The molecule has 2 aromatic carbocycles. The standard InChI is InChI=1S/C22H26O7/c1-24-16-10-8-14(9-11-16)12-26-20-18(23)19-17(28-22(20)25-2)13-27-21(29-19)15-6-4-3-5-7-15/h3-11,17-23H,12-13H2,1-2H3/t17?,18-,19+,20?,21?,22-/m0/s1. The molecular formula is C22H26O7. The third-order valence-corrected chi connectivity index (χ3v) is 5.21. The third kappa shape index (κ3) is 4.45. The fraction of sp³-hybridized carbons (Fsp3) is 0.455. The molecule has 0 amide bonds. The molecule has 1 N–H and O–H groups in total. The van der Waals surface area contributed by atoms with Gasteiger partial charge in [-0.25, -0.2) is 0 Å². The molecule has 29 heavy (non-hydrogen) atoms. The molecule has 2 saturated heterocycles. The fourth-order valence-corrected chi connectivity index (χ4v) is 3.63. The minimum atomic E-state index is -0.924. The van der Waals surface area contributed by atoms with Crippen LogP contribution in [-0.2, 0) is 30.3 Å². The number of hydrogen-bond acceptors (Lipinski definition) is 7. The van der Waals surface area contributed by atoms with Gasteiger partial charge in [0.1, 0.15) is 30.2 Å². The van der Waals surface area contributed by atoms with E-state index in [0.717, 1.165) is 16.9 Å². The van der Waals surface area contributed by atoms with E-state index in [4.69, 9.17) is 28.4 Å². The molecule has 7 nitrogen and oxygen atoms in total. The van der Waals surface area contributed by atoms with Crippen LogP contribution < -0.4 is 4.74 Å². The first-order valence-electron chi connectivity index (χ1n) is 9.62. The lowest BCUT2D eigenvalue weighted by atomic mass is 9.97. The number of aliphatic hydroxyl groups is 1. The Kier molecular flexibility index (Phi) is 6.44. The highest BCUT2D eigenvalue weighted by Gasteiger charge is 2.50. The second kappa shape index (κ2) is 9.21. The first kappa shape index (κ1) is 20.3. The highest BCUT2D eigenvalue weighted by molar-refractivity contribution is 5.26. The number of hydrogen-bond donors (Lipinski definition) is 1. The van der Waals surface area contributed by atoms with E-state index < -0.39 is 37.0 Å². The van der Waals surface area contributed by atoms with Crippen LogP contribution >= 0.6 is 0 Å². The topological polar surface area (TPSA) is 75.6 Å². The Balaban J connectivity index is 1.44. The number of fused-ring (bicyclic) bond motifs is 1. The molecule has 0 saturated carbocycles. The summed E-state index contributed by atoms with van der Waals surface area (Å²) >= 11 is 0. The van der Waals surface area contributed by atoms with Crippen LogP contribution in [-0.4, -0.2) is 56.6 Å². The molecule has 0 spiro atoms. The van der Waals surface area contributed by atoms with Crippen molar-refractivity contribution in [3.63, 3.8) is 0 Å². The van der Waals surface area contributed by atoms with Gasteiger partial charge in [0, 0.05) is 12.7 Å². The molecule has 6 atom stereocenters. The maximum absolute atomic E-state index is 11.0. The van der Waals surface area contributed by atoms with Gasteiger partial charge in [-0.2, -0.15) is 0 Å². The van der Waals surface area contributed by atoms with Crippen LogP contribution in [0, 0.1) is 0 Å². The van der Waals surface area contributed by atoms with Gasteiger partial charge in [0.05, 0.1) is 20.3 Å². The van der Waals surface area contributed by atoms with E-state index in [-0.39, 0.29) is 0 Å². The normalized spacial score (nSPS) is 31.8. The summed E-state index contributed by atoms with van der Waals surface area (Å²) < 4.78 is 34.4. The lowest BCUT2D eigenvalue weighted by Gasteiger charge is -2.47. The summed E-state index contributed by atoms with van der Waals surface area (Å²) in [7, 11) is 3.15. The molecule has 2 aliphatic rings. The average molecular weight is 402 g/mol. The number of aliphatic hydroxyl groups excluding tert-OH is 1. The zero-order chi connectivity index (χ0) is 20.2. The van der Waals surface area contributed by atoms with Gasteiger partial charge in [-0.3, -0.25) is 0 Å². The van der Waals surface area contributed by atoms with E-state index in [2.05, 4.69) is 0 Å². The second-order valence-electron chi connectivity index (χ2n) is 7.07. The Hall–Kier alpha value is -2.00.